The van der Waals surface area contributed by atoms with Gasteiger partial charge in [0.15, 0.2) is 11.2 Å². The van der Waals surface area contributed by atoms with Crippen LogP contribution >= 0.6 is 0 Å². The Kier molecular flexibility index (Phi) is 3.06. The molecular formula is C21H20O6. The summed E-state index contributed by atoms with van der Waals surface area (Å²) in [7, 11) is 0. The van der Waals surface area contributed by atoms with Gasteiger partial charge < -0.3 is 27.8 Å². The van der Waals surface area contributed by atoms with Crippen molar-refractivity contribution in [1.29, 1.82) is 0 Å². The fraction of sp³-hybridized carbons (Fsp3) is 0.429. The fourth-order valence-electron chi connectivity index (χ4n) is 3.49. The van der Waals surface area contributed by atoms with Gasteiger partial charge in [-0.2, -0.15) is 0 Å². The Labute approximate surface area is 155 Å². The van der Waals surface area contributed by atoms with Gasteiger partial charge in [-0.1, -0.05) is 26.0 Å². The molecule has 0 saturated carbocycles. The third kappa shape index (κ3) is 2.71. The zero-order chi connectivity index (χ0) is 18.2. The minimum atomic E-state index is -0.253. The van der Waals surface area contributed by atoms with Crippen LogP contribution in [0.15, 0.2) is 33.1 Å². The Balaban J connectivity index is 1.26. The van der Waals surface area contributed by atoms with Crippen molar-refractivity contribution in [3.8, 4) is 11.5 Å². The van der Waals surface area contributed by atoms with Crippen molar-refractivity contribution in [3.05, 3.63) is 35.4 Å². The van der Waals surface area contributed by atoms with Gasteiger partial charge in [0.2, 0.25) is 16.9 Å². The summed E-state index contributed by atoms with van der Waals surface area (Å²) < 4.78 is 33.5. The van der Waals surface area contributed by atoms with E-state index in [1.165, 1.54) is 5.56 Å². The first-order valence-corrected chi connectivity index (χ1v) is 9.31. The summed E-state index contributed by atoms with van der Waals surface area (Å²) >= 11 is 0. The topological polar surface area (TPSA) is 69.8 Å². The van der Waals surface area contributed by atoms with Crippen LogP contribution in [0.3, 0.4) is 0 Å². The largest absolute Gasteiger partial charge is 0.491 e. The fourth-order valence-corrected chi connectivity index (χ4v) is 3.49. The first-order chi connectivity index (χ1) is 13.1. The van der Waals surface area contributed by atoms with Crippen LogP contribution in [0.25, 0.3) is 22.3 Å². The predicted octanol–water partition coefficient (Wildman–Crippen LogP) is 3.94. The van der Waals surface area contributed by atoms with Crippen molar-refractivity contribution in [2.45, 2.75) is 31.5 Å². The quantitative estimate of drug-likeness (QED) is 0.439. The van der Waals surface area contributed by atoms with Crippen LogP contribution in [0.2, 0.25) is 0 Å². The molecule has 0 radical (unpaired) electrons. The van der Waals surface area contributed by atoms with Crippen molar-refractivity contribution >= 4 is 22.3 Å². The lowest BCUT2D eigenvalue weighted by molar-refractivity contribution is 0.263. The lowest BCUT2D eigenvalue weighted by Gasteiger charge is -2.23. The number of hydrogen-bond donors (Lipinski definition) is 0. The molecule has 2 fully saturated rings. The molecule has 2 aliphatic rings. The lowest BCUT2D eigenvalue weighted by Crippen LogP contribution is -2.18. The number of fused-ring (bicyclic) bond motifs is 2. The molecule has 6 nitrogen and oxygen atoms in total. The summed E-state index contributed by atoms with van der Waals surface area (Å²) in [5, 5.41) is 0. The molecule has 0 bridgehead atoms. The maximum absolute atomic E-state index is 5.83. The molecule has 140 valence electrons. The Bertz CT molecular complexity index is 1020. The van der Waals surface area contributed by atoms with Crippen LogP contribution in [-0.4, -0.2) is 38.6 Å². The summed E-state index contributed by atoms with van der Waals surface area (Å²) in [4.78, 5) is 0. The van der Waals surface area contributed by atoms with Gasteiger partial charge >= 0.3 is 0 Å². The number of rotatable bonds is 8. The van der Waals surface area contributed by atoms with Crippen molar-refractivity contribution < 1.29 is 27.8 Å². The maximum Gasteiger partial charge on any atom is 0.216 e. The Morgan fingerprint density at radius 3 is 1.96 bits per heavy atom. The number of epoxide rings is 2. The third-order valence-corrected chi connectivity index (χ3v) is 5.46. The Morgan fingerprint density at radius 2 is 1.41 bits per heavy atom. The minimum Gasteiger partial charge on any atom is -0.491 e. The number of ether oxygens (including phenoxy) is 4. The highest BCUT2D eigenvalue weighted by molar-refractivity contribution is 6.08. The van der Waals surface area contributed by atoms with Gasteiger partial charge in [0, 0.05) is 5.41 Å². The molecule has 27 heavy (non-hydrogen) atoms. The van der Waals surface area contributed by atoms with Crippen LogP contribution in [0, 0.1) is 0 Å². The molecule has 0 spiro atoms. The molecule has 0 aliphatic carbocycles. The van der Waals surface area contributed by atoms with Crippen LogP contribution < -0.4 is 9.47 Å². The number of benzene rings is 2. The van der Waals surface area contributed by atoms with E-state index in [2.05, 4.69) is 26.0 Å². The van der Waals surface area contributed by atoms with Crippen LogP contribution in [0.1, 0.15) is 25.0 Å². The molecule has 0 amide bonds. The first-order valence-electron chi connectivity index (χ1n) is 9.31. The summed E-state index contributed by atoms with van der Waals surface area (Å²) in [5.41, 5.74) is 5.38. The predicted molar refractivity (Wildman–Crippen MR) is 97.4 cm³/mol. The SMILES string of the molecule is CC(C)(c1ccc(OCC2CO2)cc1)c1c2oc2c(OCC2CO2)c2oc12. The lowest BCUT2D eigenvalue weighted by atomic mass is 9.78. The second-order valence-electron chi connectivity index (χ2n) is 7.91. The highest BCUT2D eigenvalue weighted by atomic mass is 16.6. The molecule has 6 rings (SSSR count). The summed E-state index contributed by atoms with van der Waals surface area (Å²) in [6.07, 6.45) is 0.463. The van der Waals surface area contributed by atoms with E-state index in [4.69, 9.17) is 27.8 Å². The number of hydrogen-bond acceptors (Lipinski definition) is 6. The molecule has 4 heterocycles. The van der Waals surface area contributed by atoms with Gasteiger partial charge in [0.05, 0.1) is 18.8 Å². The highest BCUT2D eigenvalue weighted by Crippen LogP contribution is 2.54. The molecule has 2 atom stereocenters. The summed E-state index contributed by atoms with van der Waals surface area (Å²) in [5.74, 6) is 1.58. The Morgan fingerprint density at radius 1 is 0.852 bits per heavy atom. The van der Waals surface area contributed by atoms with E-state index in [9.17, 15) is 0 Å². The van der Waals surface area contributed by atoms with E-state index >= 15 is 0 Å². The molecule has 2 aromatic heterocycles. The van der Waals surface area contributed by atoms with Gasteiger partial charge in [0.25, 0.3) is 0 Å². The van der Waals surface area contributed by atoms with Gasteiger partial charge in [0.1, 0.15) is 31.2 Å². The highest BCUT2D eigenvalue weighted by Gasteiger charge is 2.40. The van der Waals surface area contributed by atoms with Crippen LogP contribution in [0.5, 0.6) is 11.5 Å². The second-order valence-corrected chi connectivity index (χ2v) is 7.91. The molecule has 0 N–H and O–H groups in total. The van der Waals surface area contributed by atoms with Crippen LogP contribution in [-0.2, 0) is 14.9 Å². The van der Waals surface area contributed by atoms with E-state index in [-0.39, 0.29) is 17.6 Å². The average molecular weight is 368 g/mol. The smallest absolute Gasteiger partial charge is 0.216 e. The minimum absolute atomic E-state index is 0.206. The second kappa shape index (κ2) is 5.30. The third-order valence-electron chi connectivity index (χ3n) is 5.46. The van der Waals surface area contributed by atoms with E-state index in [1.807, 2.05) is 12.1 Å². The Hall–Kier alpha value is -2.44. The first kappa shape index (κ1) is 15.6. The van der Waals surface area contributed by atoms with Crippen molar-refractivity contribution in [2.24, 2.45) is 0 Å². The standard InChI is InChI=1S/C21H20O6/c1-21(2,11-3-5-12(6-4-11)22-7-13-8-23-13)15-16-19(26-16)18(20-17(15)27-20)25-10-14-9-24-14/h3-6,13-14H,7-10H2,1-2H3. The van der Waals surface area contributed by atoms with Crippen molar-refractivity contribution in [3.63, 3.8) is 0 Å². The van der Waals surface area contributed by atoms with E-state index in [0.29, 0.717) is 13.2 Å². The van der Waals surface area contributed by atoms with Gasteiger partial charge in [-0.25, -0.2) is 0 Å². The van der Waals surface area contributed by atoms with Crippen molar-refractivity contribution in [1.82, 2.24) is 0 Å². The molecular weight excluding hydrogens is 348 g/mol. The van der Waals surface area contributed by atoms with Gasteiger partial charge in [-0.05, 0) is 17.7 Å². The zero-order valence-corrected chi connectivity index (χ0v) is 15.2. The summed E-state index contributed by atoms with van der Waals surface area (Å²) in [6.45, 7) is 7.08. The summed E-state index contributed by atoms with van der Waals surface area (Å²) in [6, 6.07) is 8.21. The maximum atomic E-state index is 5.83. The van der Waals surface area contributed by atoms with E-state index in [0.717, 1.165) is 52.6 Å². The zero-order valence-electron chi connectivity index (χ0n) is 15.2. The van der Waals surface area contributed by atoms with Gasteiger partial charge in [-0.15, -0.1) is 0 Å². The van der Waals surface area contributed by atoms with Crippen molar-refractivity contribution in [2.75, 3.05) is 26.4 Å². The molecule has 4 aromatic rings. The average Bonchev–Trinajstić information content (AvgIpc) is 3.52. The molecule has 6 heteroatoms. The monoisotopic (exact) mass is 368 g/mol. The van der Waals surface area contributed by atoms with E-state index < -0.39 is 0 Å². The van der Waals surface area contributed by atoms with Crippen LogP contribution in [0.4, 0.5) is 0 Å². The van der Waals surface area contributed by atoms with E-state index in [1.54, 1.807) is 0 Å². The van der Waals surface area contributed by atoms with Gasteiger partial charge in [-0.3, -0.25) is 0 Å². The normalized spacial score (nSPS) is 22.1. The molecule has 2 unspecified atom stereocenters. The molecule has 2 aliphatic heterocycles. The molecule has 2 saturated heterocycles. The molecule has 2 aromatic carbocycles.